The number of carbonyl (C=O) groups excluding carboxylic acids is 1. The SMILES string of the molecule is COc1ccccc1NS(=O)(=O)c1cccc(C(=O)N2CCCc3ccccc32)c1. The summed E-state index contributed by atoms with van der Waals surface area (Å²) in [5.74, 6) is 0.203. The van der Waals surface area contributed by atoms with E-state index >= 15 is 0 Å². The first-order valence-corrected chi connectivity index (χ1v) is 11.1. The molecule has 0 unspecified atom stereocenters. The predicted octanol–water partition coefficient (Wildman–Crippen LogP) is 4.09. The molecule has 1 aliphatic heterocycles. The fraction of sp³-hybridized carbons (Fsp3) is 0.174. The quantitative estimate of drug-likeness (QED) is 0.672. The number of fused-ring (bicyclic) bond motifs is 1. The zero-order valence-corrected chi connectivity index (χ0v) is 17.4. The molecule has 30 heavy (non-hydrogen) atoms. The zero-order valence-electron chi connectivity index (χ0n) is 16.5. The highest BCUT2D eigenvalue weighted by molar-refractivity contribution is 7.92. The predicted molar refractivity (Wildman–Crippen MR) is 117 cm³/mol. The number of sulfonamides is 1. The van der Waals surface area contributed by atoms with Gasteiger partial charge in [0.05, 0.1) is 17.7 Å². The summed E-state index contributed by atoms with van der Waals surface area (Å²) in [5, 5.41) is 0. The van der Waals surface area contributed by atoms with E-state index in [0.29, 0.717) is 23.5 Å². The Morgan fingerprint density at radius 1 is 1.00 bits per heavy atom. The third kappa shape index (κ3) is 3.89. The van der Waals surface area contributed by atoms with Crippen LogP contribution in [0.3, 0.4) is 0 Å². The summed E-state index contributed by atoms with van der Waals surface area (Å²) < 4.78 is 33.6. The molecule has 3 aromatic carbocycles. The number of carbonyl (C=O) groups is 1. The summed E-state index contributed by atoms with van der Waals surface area (Å²) in [6.45, 7) is 0.603. The van der Waals surface area contributed by atoms with Crippen LogP contribution in [0, 0.1) is 0 Å². The number of methoxy groups -OCH3 is 1. The number of para-hydroxylation sites is 3. The number of hydrogen-bond acceptors (Lipinski definition) is 4. The molecule has 4 rings (SSSR count). The van der Waals surface area contributed by atoms with Gasteiger partial charge < -0.3 is 9.64 Å². The lowest BCUT2D eigenvalue weighted by molar-refractivity contribution is 0.0985. The summed E-state index contributed by atoms with van der Waals surface area (Å²) in [4.78, 5) is 14.9. The molecule has 3 aromatic rings. The molecular formula is C23H22N2O4S. The second-order valence-corrected chi connectivity index (χ2v) is 8.71. The molecule has 1 N–H and O–H groups in total. The van der Waals surface area contributed by atoms with Crippen LogP contribution in [0.2, 0.25) is 0 Å². The first-order valence-electron chi connectivity index (χ1n) is 9.65. The number of aryl methyl sites for hydroxylation is 1. The lowest BCUT2D eigenvalue weighted by Gasteiger charge is -2.29. The molecule has 1 heterocycles. The molecule has 1 amide bonds. The Labute approximate surface area is 176 Å². The van der Waals surface area contributed by atoms with E-state index in [1.165, 1.54) is 19.2 Å². The Kier molecular flexibility index (Phi) is 5.46. The molecule has 0 aromatic heterocycles. The molecule has 154 valence electrons. The Balaban J connectivity index is 1.64. The fourth-order valence-corrected chi connectivity index (χ4v) is 4.75. The summed E-state index contributed by atoms with van der Waals surface area (Å²) in [6, 6.07) is 20.7. The van der Waals surface area contributed by atoms with Gasteiger partial charge in [-0.05, 0) is 54.8 Å². The third-order valence-corrected chi connectivity index (χ3v) is 6.46. The van der Waals surface area contributed by atoms with Crippen molar-refractivity contribution in [3.63, 3.8) is 0 Å². The van der Waals surface area contributed by atoms with Crippen molar-refractivity contribution in [3.05, 3.63) is 83.9 Å². The standard InChI is InChI=1S/C23H22N2O4S/c1-29-22-14-5-3-12-20(22)24-30(27,28)19-11-6-9-18(16-19)23(26)25-15-7-10-17-8-2-4-13-21(17)25/h2-6,8-9,11-14,16,24H,7,10,15H2,1H3. The van der Waals surface area contributed by atoms with Crippen molar-refractivity contribution < 1.29 is 17.9 Å². The van der Waals surface area contributed by atoms with Crippen LogP contribution in [0.4, 0.5) is 11.4 Å². The van der Waals surface area contributed by atoms with Crippen molar-refractivity contribution in [2.45, 2.75) is 17.7 Å². The average molecular weight is 423 g/mol. The maximum atomic E-state index is 13.2. The highest BCUT2D eigenvalue weighted by atomic mass is 32.2. The normalized spacial score (nSPS) is 13.4. The number of rotatable bonds is 5. The van der Waals surface area contributed by atoms with Gasteiger partial charge >= 0.3 is 0 Å². The van der Waals surface area contributed by atoms with Crippen molar-refractivity contribution in [2.75, 3.05) is 23.3 Å². The zero-order chi connectivity index (χ0) is 21.1. The van der Waals surface area contributed by atoms with Gasteiger partial charge in [-0.3, -0.25) is 9.52 Å². The second kappa shape index (κ2) is 8.20. The average Bonchev–Trinajstić information content (AvgIpc) is 2.78. The highest BCUT2D eigenvalue weighted by Crippen LogP contribution is 2.29. The molecule has 0 saturated heterocycles. The van der Waals surface area contributed by atoms with E-state index < -0.39 is 10.0 Å². The van der Waals surface area contributed by atoms with Gasteiger partial charge in [0, 0.05) is 17.8 Å². The highest BCUT2D eigenvalue weighted by Gasteiger charge is 2.25. The van der Waals surface area contributed by atoms with Crippen LogP contribution in [0.15, 0.2) is 77.7 Å². The van der Waals surface area contributed by atoms with Gasteiger partial charge in [0.1, 0.15) is 5.75 Å². The Morgan fingerprint density at radius 3 is 2.60 bits per heavy atom. The van der Waals surface area contributed by atoms with Gasteiger partial charge in [0.25, 0.3) is 15.9 Å². The summed E-state index contributed by atoms with van der Waals surface area (Å²) >= 11 is 0. The van der Waals surface area contributed by atoms with Crippen molar-refractivity contribution in [3.8, 4) is 5.75 Å². The monoisotopic (exact) mass is 422 g/mol. The van der Waals surface area contributed by atoms with E-state index in [2.05, 4.69) is 4.72 Å². The number of benzene rings is 3. The molecular weight excluding hydrogens is 400 g/mol. The first-order chi connectivity index (χ1) is 14.5. The Hall–Kier alpha value is -3.32. The minimum Gasteiger partial charge on any atom is -0.495 e. The maximum Gasteiger partial charge on any atom is 0.262 e. The molecule has 0 aliphatic carbocycles. The number of ether oxygens (including phenoxy) is 1. The van der Waals surface area contributed by atoms with E-state index in [4.69, 9.17) is 4.74 Å². The number of nitrogens with zero attached hydrogens (tertiary/aromatic N) is 1. The van der Waals surface area contributed by atoms with Crippen molar-refractivity contribution in [1.82, 2.24) is 0 Å². The number of nitrogens with one attached hydrogen (secondary N) is 1. The summed E-state index contributed by atoms with van der Waals surface area (Å²) in [7, 11) is -2.42. The van der Waals surface area contributed by atoms with E-state index in [1.807, 2.05) is 24.3 Å². The molecule has 0 saturated carbocycles. The Morgan fingerprint density at radius 2 is 1.77 bits per heavy atom. The van der Waals surface area contributed by atoms with E-state index in [-0.39, 0.29) is 10.8 Å². The maximum absolute atomic E-state index is 13.2. The summed E-state index contributed by atoms with van der Waals surface area (Å²) in [5.41, 5.74) is 2.67. The van der Waals surface area contributed by atoms with Gasteiger partial charge in [0.15, 0.2) is 0 Å². The first kappa shape index (κ1) is 20.0. The van der Waals surface area contributed by atoms with Crippen LogP contribution < -0.4 is 14.4 Å². The molecule has 0 fully saturated rings. The van der Waals surface area contributed by atoms with Gasteiger partial charge in [-0.1, -0.05) is 36.4 Å². The van der Waals surface area contributed by atoms with E-state index in [9.17, 15) is 13.2 Å². The Bertz CT molecular complexity index is 1190. The topological polar surface area (TPSA) is 75.7 Å². The van der Waals surface area contributed by atoms with Gasteiger partial charge in [0.2, 0.25) is 0 Å². The molecule has 6 nitrogen and oxygen atoms in total. The minimum atomic E-state index is -3.89. The largest absolute Gasteiger partial charge is 0.495 e. The van der Waals surface area contributed by atoms with Crippen molar-refractivity contribution >= 4 is 27.3 Å². The molecule has 0 radical (unpaired) electrons. The van der Waals surface area contributed by atoms with Crippen molar-refractivity contribution in [2.24, 2.45) is 0 Å². The third-order valence-electron chi connectivity index (χ3n) is 5.10. The van der Waals surface area contributed by atoms with Crippen LogP contribution in [-0.4, -0.2) is 28.0 Å². The molecule has 1 aliphatic rings. The molecule has 0 bridgehead atoms. The number of amides is 1. The smallest absolute Gasteiger partial charge is 0.262 e. The van der Waals surface area contributed by atoms with Crippen LogP contribution in [0.5, 0.6) is 5.75 Å². The van der Waals surface area contributed by atoms with E-state index in [1.54, 1.807) is 41.3 Å². The van der Waals surface area contributed by atoms with Crippen molar-refractivity contribution in [1.29, 1.82) is 0 Å². The molecule has 0 atom stereocenters. The van der Waals surface area contributed by atoms with Crippen LogP contribution >= 0.6 is 0 Å². The lowest BCUT2D eigenvalue weighted by atomic mass is 10.0. The minimum absolute atomic E-state index is 0.0181. The number of anilines is 2. The van der Waals surface area contributed by atoms with Crippen LogP contribution in [0.1, 0.15) is 22.3 Å². The van der Waals surface area contributed by atoms with Gasteiger partial charge in [-0.15, -0.1) is 0 Å². The molecule has 7 heteroatoms. The lowest BCUT2D eigenvalue weighted by Crippen LogP contribution is -2.35. The molecule has 0 spiro atoms. The fourth-order valence-electron chi connectivity index (χ4n) is 3.63. The van der Waals surface area contributed by atoms with Crippen LogP contribution in [-0.2, 0) is 16.4 Å². The number of hydrogen-bond donors (Lipinski definition) is 1. The van der Waals surface area contributed by atoms with Crippen LogP contribution in [0.25, 0.3) is 0 Å². The summed E-state index contributed by atoms with van der Waals surface area (Å²) in [6.07, 6.45) is 1.80. The van der Waals surface area contributed by atoms with E-state index in [0.717, 1.165) is 24.1 Å². The van der Waals surface area contributed by atoms with Gasteiger partial charge in [-0.2, -0.15) is 0 Å². The second-order valence-electron chi connectivity index (χ2n) is 7.02. The van der Waals surface area contributed by atoms with Gasteiger partial charge in [-0.25, -0.2) is 8.42 Å².